The number of benzene rings is 1. The molecule has 1 aromatic carbocycles. The lowest BCUT2D eigenvalue weighted by Gasteiger charge is -2.12. The number of nitrogens with two attached hydrogens (primary N) is 1. The van der Waals surface area contributed by atoms with Gasteiger partial charge in [0.2, 0.25) is 5.91 Å². The summed E-state index contributed by atoms with van der Waals surface area (Å²) in [6, 6.07) is 2.22. The van der Waals surface area contributed by atoms with Crippen molar-refractivity contribution >= 4 is 27.5 Å². The van der Waals surface area contributed by atoms with E-state index in [1.54, 1.807) is 0 Å². The topological polar surface area (TPSA) is 55.1 Å². The van der Waals surface area contributed by atoms with Crippen LogP contribution in [0.15, 0.2) is 16.6 Å². The lowest BCUT2D eigenvalue weighted by Crippen LogP contribution is -2.24. The minimum Gasteiger partial charge on any atom is -0.328 e. The van der Waals surface area contributed by atoms with E-state index in [1.807, 2.05) is 0 Å². The molecule has 0 heterocycles. The van der Waals surface area contributed by atoms with E-state index in [9.17, 15) is 13.6 Å². The van der Waals surface area contributed by atoms with E-state index in [1.165, 1.54) is 0 Å². The molecule has 1 fully saturated rings. The van der Waals surface area contributed by atoms with Gasteiger partial charge in [0, 0.05) is 16.4 Å². The molecule has 2 rings (SSSR count). The minimum absolute atomic E-state index is 0.000335. The van der Waals surface area contributed by atoms with E-state index in [2.05, 4.69) is 21.2 Å². The Morgan fingerprint density at radius 1 is 1.33 bits per heavy atom. The molecule has 0 spiro atoms. The predicted molar refractivity (Wildman–Crippen MR) is 68.0 cm³/mol. The fourth-order valence-electron chi connectivity index (χ4n) is 2.14. The summed E-state index contributed by atoms with van der Waals surface area (Å²) in [7, 11) is 0. The van der Waals surface area contributed by atoms with E-state index in [0.29, 0.717) is 17.3 Å². The van der Waals surface area contributed by atoms with Crippen LogP contribution in [0.25, 0.3) is 0 Å². The zero-order valence-electron chi connectivity index (χ0n) is 9.55. The minimum atomic E-state index is -0.794. The number of rotatable bonds is 2. The Bertz CT molecular complexity index is 458. The van der Waals surface area contributed by atoms with Crippen LogP contribution in [-0.2, 0) is 4.79 Å². The van der Waals surface area contributed by atoms with Crippen LogP contribution in [0.1, 0.15) is 19.3 Å². The van der Waals surface area contributed by atoms with Crippen molar-refractivity contribution in [3.05, 3.63) is 28.2 Å². The van der Waals surface area contributed by atoms with Crippen molar-refractivity contribution in [1.29, 1.82) is 0 Å². The van der Waals surface area contributed by atoms with Gasteiger partial charge < -0.3 is 11.1 Å². The number of nitrogens with one attached hydrogen (secondary N) is 1. The van der Waals surface area contributed by atoms with Gasteiger partial charge in [-0.25, -0.2) is 8.78 Å². The highest BCUT2D eigenvalue weighted by Crippen LogP contribution is 2.28. The first kappa shape index (κ1) is 13.4. The SMILES string of the molecule is NC1CCC(C(=O)Nc2c(F)cc(Br)cc2F)C1. The summed E-state index contributed by atoms with van der Waals surface area (Å²) in [6.45, 7) is 0. The smallest absolute Gasteiger partial charge is 0.227 e. The highest BCUT2D eigenvalue weighted by atomic mass is 79.9. The van der Waals surface area contributed by atoms with E-state index >= 15 is 0 Å². The molecule has 2 atom stereocenters. The first-order valence-electron chi connectivity index (χ1n) is 5.68. The number of anilines is 1. The van der Waals surface area contributed by atoms with Crippen molar-refractivity contribution in [3.8, 4) is 0 Å². The highest BCUT2D eigenvalue weighted by Gasteiger charge is 2.28. The summed E-state index contributed by atoms with van der Waals surface area (Å²) in [5.74, 6) is -2.22. The van der Waals surface area contributed by atoms with E-state index < -0.39 is 17.3 Å². The van der Waals surface area contributed by atoms with Gasteiger partial charge in [0.1, 0.15) is 5.69 Å². The molecular formula is C12H13BrF2N2O. The first-order valence-corrected chi connectivity index (χ1v) is 6.47. The van der Waals surface area contributed by atoms with Crippen LogP contribution >= 0.6 is 15.9 Å². The third-order valence-corrected chi connectivity index (χ3v) is 3.56. The number of amides is 1. The largest absolute Gasteiger partial charge is 0.328 e. The summed E-state index contributed by atoms with van der Waals surface area (Å²) in [4.78, 5) is 11.8. The summed E-state index contributed by atoms with van der Waals surface area (Å²) in [5.41, 5.74) is 5.30. The number of hydrogen-bond acceptors (Lipinski definition) is 2. The number of halogens is 3. The quantitative estimate of drug-likeness (QED) is 0.881. The Morgan fingerprint density at radius 2 is 1.94 bits per heavy atom. The third-order valence-electron chi connectivity index (χ3n) is 3.10. The molecule has 18 heavy (non-hydrogen) atoms. The average molecular weight is 319 g/mol. The Labute approximate surface area is 112 Å². The second kappa shape index (κ2) is 5.32. The molecule has 98 valence electrons. The van der Waals surface area contributed by atoms with Crippen molar-refractivity contribution in [2.24, 2.45) is 11.7 Å². The fourth-order valence-corrected chi connectivity index (χ4v) is 2.54. The maximum absolute atomic E-state index is 13.5. The maximum atomic E-state index is 13.5. The van der Waals surface area contributed by atoms with Gasteiger partial charge >= 0.3 is 0 Å². The van der Waals surface area contributed by atoms with Gasteiger partial charge in [-0.3, -0.25) is 4.79 Å². The van der Waals surface area contributed by atoms with Crippen LogP contribution in [0.2, 0.25) is 0 Å². The van der Waals surface area contributed by atoms with Gasteiger partial charge in [-0.05, 0) is 31.4 Å². The molecule has 0 aromatic heterocycles. The predicted octanol–water partition coefficient (Wildman–Crippen LogP) is 2.79. The summed E-state index contributed by atoms with van der Waals surface area (Å²) >= 11 is 2.98. The van der Waals surface area contributed by atoms with Gasteiger partial charge in [-0.15, -0.1) is 0 Å². The molecule has 1 amide bonds. The number of carbonyl (C=O) groups excluding carboxylic acids is 1. The van der Waals surface area contributed by atoms with Gasteiger partial charge in [0.05, 0.1) is 0 Å². The van der Waals surface area contributed by atoms with Crippen molar-refractivity contribution in [3.63, 3.8) is 0 Å². The molecule has 0 bridgehead atoms. The Hall–Kier alpha value is -1.01. The van der Waals surface area contributed by atoms with Crippen LogP contribution in [0.3, 0.4) is 0 Å². The molecule has 1 saturated carbocycles. The van der Waals surface area contributed by atoms with Crippen molar-refractivity contribution in [2.75, 3.05) is 5.32 Å². The molecule has 1 aromatic rings. The maximum Gasteiger partial charge on any atom is 0.227 e. The molecule has 6 heteroatoms. The summed E-state index contributed by atoms with van der Waals surface area (Å²) < 4.78 is 27.3. The van der Waals surface area contributed by atoms with Gasteiger partial charge in [0.15, 0.2) is 11.6 Å². The zero-order valence-corrected chi connectivity index (χ0v) is 11.1. The highest BCUT2D eigenvalue weighted by molar-refractivity contribution is 9.10. The fraction of sp³-hybridized carbons (Fsp3) is 0.417. The Kier molecular flexibility index (Phi) is 3.97. The van der Waals surface area contributed by atoms with Crippen molar-refractivity contribution in [1.82, 2.24) is 0 Å². The molecule has 2 unspecified atom stereocenters. The molecule has 3 N–H and O–H groups in total. The van der Waals surface area contributed by atoms with Crippen LogP contribution in [0.5, 0.6) is 0 Å². The second-order valence-electron chi connectivity index (χ2n) is 4.50. The molecular weight excluding hydrogens is 306 g/mol. The lowest BCUT2D eigenvalue weighted by atomic mass is 10.1. The molecule has 1 aliphatic rings. The van der Waals surface area contributed by atoms with Gasteiger partial charge in [0.25, 0.3) is 0 Å². The normalized spacial score (nSPS) is 23.1. The third kappa shape index (κ3) is 2.87. The lowest BCUT2D eigenvalue weighted by molar-refractivity contribution is -0.119. The van der Waals surface area contributed by atoms with E-state index in [-0.39, 0.29) is 17.9 Å². The zero-order chi connectivity index (χ0) is 13.3. The molecule has 0 saturated heterocycles. The Morgan fingerprint density at radius 3 is 2.44 bits per heavy atom. The van der Waals surface area contributed by atoms with Gasteiger partial charge in [-0.1, -0.05) is 15.9 Å². The van der Waals surface area contributed by atoms with Crippen molar-refractivity contribution in [2.45, 2.75) is 25.3 Å². The monoisotopic (exact) mass is 318 g/mol. The van der Waals surface area contributed by atoms with Gasteiger partial charge in [-0.2, -0.15) is 0 Å². The first-order chi connectivity index (χ1) is 8.47. The van der Waals surface area contributed by atoms with Crippen LogP contribution in [0, 0.1) is 17.6 Å². The molecule has 1 aliphatic carbocycles. The number of carbonyl (C=O) groups is 1. The van der Waals surface area contributed by atoms with Crippen LogP contribution in [0.4, 0.5) is 14.5 Å². The van der Waals surface area contributed by atoms with Crippen LogP contribution in [-0.4, -0.2) is 11.9 Å². The van der Waals surface area contributed by atoms with E-state index in [4.69, 9.17) is 5.73 Å². The summed E-state index contributed by atoms with van der Waals surface area (Å²) in [6.07, 6.45) is 1.99. The molecule has 3 nitrogen and oxygen atoms in total. The van der Waals surface area contributed by atoms with E-state index in [0.717, 1.165) is 18.6 Å². The molecule has 0 radical (unpaired) electrons. The van der Waals surface area contributed by atoms with Crippen LogP contribution < -0.4 is 11.1 Å². The second-order valence-corrected chi connectivity index (χ2v) is 5.42. The number of hydrogen-bond donors (Lipinski definition) is 2. The molecule has 0 aliphatic heterocycles. The average Bonchev–Trinajstić information content (AvgIpc) is 2.70. The Balaban J connectivity index is 2.12. The standard InChI is InChI=1S/C12H13BrF2N2O/c13-7-4-9(14)11(10(15)5-7)17-12(18)6-1-2-8(16)3-6/h4-6,8H,1-3,16H2,(H,17,18). The summed E-state index contributed by atoms with van der Waals surface area (Å²) in [5, 5.41) is 2.30. The van der Waals surface area contributed by atoms with Crippen molar-refractivity contribution < 1.29 is 13.6 Å².